The van der Waals surface area contributed by atoms with Gasteiger partial charge in [-0.25, -0.2) is 9.97 Å². The molecule has 0 aliphatic rings. The minimum Gasteiger partial charge on any atom is -0.348 e. The Balaban J connectivity index is 1.34. The maximum Gasteiger partial charge on any atom is 0.202 e. The largest absolute Gasteiger partial charge is 0.348 e. The van der Waals surface area contributed by atoms with Crippen molar-refractivity contribution in [3.05, 3.63) is 59.5 Å². The van der Waals surface area contributed by atoms with Gasteiger partial charge >= 0.3 is 0 Å². The molecule has 0 aliphatic carbocycles. The van der Waals surface area contributed by atoms with E-state index in [4.69, 9.17) is 0 Å². The van der Waals surface area contributed by atoms with Gasteiger partial charge in [0, 0.05) is 84.5 Å². The van der Waals surface area contributed by atoms with Crippen LogP contribution in [0.1, 0.15) is 127 Å². The molecule has 3 aromatic heterocycles. The average Bonchev–Trinajstić information content (AvgIpc) is 3.72. The normalized spacial score (nSPS) is 11.4. The van der Waals surface area contributed by atoms with E-state index in [2.05, 4.69) is 28.8 Å². The predicted octanol–water partition coefficient (Wildman–Crippen LogP) is 5.30. The van der Waals surface area contributed by atoms with Crippen molar-refractivity contribution >= 4 is 28.9 Å². The van der Waals surface area contributed by atoms with Gasteiger partial charge in [0.25, 0.3) is 0 Å². The minimum atomic E-state index is -0.137. The zero-order valence-corrected chi connectivity index (χ0v) is 28.9. The van der Waals surface area contributed by atoms with Gasteiger partial charge < -0.3 is 18.6 Å². The summed E-state index contributed by atoms with van der Waals surface area (Å²) in [6.07, 6.45) is 15.0. The summed E-state index contributed by atoms with van der Waals surface area (Å²) < 4.78 is 5.02. The SMILES string of the molecule is CCCCCN(C)CCCCC(=O)CCCC(=O)c1nc(CC(=O)CCCC(=O)c2cc(CC(=O)c3nccn3C)cn2C)cn1C. The Morgan fingerprint density at radius 3 is 2.02 bits per heavy atom. The van der Waals surface area contributed by atoms with Crippen LogP contribution in [-0.2, 0) is 43.6 Å². The number of nitrogens with zero attached hydrogens (tertiary/aromatic N) is 6. The molecule has 3 heterocycles. The molecule has 47 heavy (non-hydrogen) atoms. The maximum atomic E-state index is 12.9. The highest BCUT2D eigenvalue weighted by Crippen LogP contribution is 2.15. The third-order valence-corrected chi connectivity index (χ3v) is 8.44. The summed E-state index contributed by atoms with van der Waals surface area (Å²) in [5.41, 5.74) is 1.75. The van der Waals surface area contributed by atoms with Gasteiger partial charge in [0.2, 0.25) is 5.78 Å². The fourth-order valence-corrected chi connectivity index (χ4v) is 5.77. The summed E-state index contributed by atoms with van der Waals surface area (Å²) in [4.78, 5) is 74.0. The summed E-state index contributed by atoms with van der Waals surface area (Å²) in [5, 5.41) is 0. The van der Waals surface area contributed by atoms with E-state index in [9.17, 15) is 24.0 Å². The summed E-state index contributed by atoms with van der Waals surface area (Å²) in [6.45, 7) is 4.31. The van der Waals surface area contributed by atoms with Crippen molar-refractivity contribution < 1.29 is 24.0 Å². The van der Waals surface area contributed by atoms with Crippen molar-refractivity contribution in [2.75, 3.05) is 20.1 Å². The third kappa shape index (κ3) is 12.3. The van der Waals surface area contributed by atoms with E-state index < -0.39 is 0 Å². The predicted molar refractivity (Wildman–Crippen MR) is 181 cm³/mol. The molecule has 0 saturated carbocycles. The molecule has 0 radical (unpaired) electrons. The van der Waals surface area contributed by atoms with Gasteiger partial charge in [-0.3, -0.25) is 24.0 Å². The van der Waals surface area contributed by atoms with Crippen LogP contribution in [0.4, 0.5) is 0 Å². The van der Waals surface area contributed by atoms with Gasteiger partial charge in [-0.1, -0.05) is 19.8 Å². The lowest BCUT2D eigenvalue weighted by Gasteiger charge is -2.15. The van der Waals surface area contributed by atoms with E-state index in [1.54, 1.807) is 65.7 Å². The van der Waals surface area contributed by atoms with Crippen LogP contribution in [0, 0.1) is 0 Å². The first-order valence-corrected chi connectivity index (χ1v) is 16.9. The number of aromatic nitrogens is 5. The Labute approximate surface area is 278 Å². The van der Waals surface area contributed by atoms with E-state index >= 15 is 0 Å². The second-order valence-corrected chi connectivity index (χ2v) is 12.7. The number of imidazole rings is 2. The van der Waals surface area contributed by atoms with Gasteiger partial charge in [0.1, 0.15) is 11.6 Å². The lowest BCUT2D eigenvalue weighted by atomic mass is 10.1. The van der Waals surface area contributed by atoms with Gasteiger partial charge in [-0.15, -0.1) is 0 Å². The molecule has 0 aromatic carbocycles. The van der Waals surface area contributed by atoms with Crippen LogP contribution in [-0.4, -0.2) is 77.6 Å². The first kappa shape index (κ1) is 37.5. The van der Waals surface area contributed by atoms with Crippen molar-refractivity contribution in [2.24, 2.45) is 21.1 Å². The fourth-order valence-electron chi connectivity index (χ4n) is 5.77. The number of ketones is 5. The van der Waals surface area contributed by atoms with Crippen LogP contribution in [0.3, 0.4) is 0 Å². The van der Waals surface area contributed by atoms with Crippen molar-refractivity contribution in [3.63, 3.8) is 0 Å². The van der Waals surface area contributed by atoms with Crippen molar-refractivity contribution in [1.82, 2.24) is 28.6 Å². The molecule has 0 bridgehead atoms. The Morgan fingerprint density at radius 2 is 1.34 bits per heavy atom. The Morgan fingerprint density at radius 1 is 0.681 bits per heavy atom. The number of unbranched alkanes of at least 4 members (excludes halogenated alkanes) is 3. The number of hydrogen-bond donors (Lipinski definition) is 0. The monoisotopic (exact) mass is 648 g/mol. The highest BCUT2D eigenvalue weighted by Gasteiger charge is 2.19. The van der Waals surface area contributed by atoms with Crippen molar-refractivity contribution in [1.29, 1.82) is 0 Å². The third-order valence-electron chi connectivity index (χ3n) is 8.44. The number of carbonyl (C=O) groups is 5. The molecule has 0 amide bonds. The highest BCUT2D eigenvalue weighted by atomic mass is 16.1. The van der Waals surface area contributed by atoms with Crippen LogP contribution in [0.5, 0.6) is 0 Å². The van der Waals surface area contributed by atoms with E-state index in [-0.39, 0.29) is 61.0 Å². The standard InChI is InChI=1S/C36H52N6O5/c1-6-7-9-19-39(2)20-10-8-13-29(43)14-11-17-33(46)36-38-28(26-42(36)5)24-30(44)15-12-16-32(45)31-22-27(25-41(31)4)23-34(47)35-37-18-21-40(35)3/h18,21-22,25-26H,6-17,19-20,23-24H2,1-5H3. The Kier molecular flexibility index (Phi) is 15.1. The molecule has 0 unspecified atom stereocenters. The Hall–Kier alpha value is -3.99. The highest BCUT2D eigenvalue weighted by molar-refractivity contribution is 5.97. The Bertz CT molecular complexity index is 1510. The quantitative estimate of drug-likeness (QED) is 0.0946. The van der Waals surface area contributed by atoms with Crippen LogP contribution in [0.25, 0.3) is 0 Å². The zero-order chi connectivity index (χ0) is 34.3. The molecule has 0 spiro atoms. The molecule has 11 nitrogen and oxygen atoms in total. The van der Waals surface area contributed by atoms with Crippen molar-refractivity contribution in [2.45, 2.75) is 96.8 Å². The molecule has 3 rings (SSSR count). The number of hydrogen-bond acceptors (Lipinski definition) is 8. The number of aryl methyl sites for hydroxylation is 3. The van der Waals surface area contributed by atoms with E-state index in [0.717, 1.165) is 31.5 Å². The summed E-state index contributed by atoms with van der Waals surface area (Å²) in [7, 11) is 7.39. The first-order chi connectivity index (χ1) is 22.5. The minimum absolute atomic E-state index is 0.0547. The average molecular weight is 649 g/mol. The van der Waals surface area contributed by atoms with Gasteiger partial charge in [0.05, 0.1) is 17.8 Å². The molecule has 3 aromatic rings. The molecule has 0 saturated heterocycles. The van der Waals surface area contributed by atoms with E-state index in [1.165, 1.54) is 19.3 Å². The molecular weight excluding hydrogens is 596 g/mol. The van der Waals surface area contributed by atoms with Crippen LogP contribution in [0.2, 0.25) is 0 Å². The molecule has 0 atom stereocenters. The van der Waals surface area contributed by atoms with E-state index in [1.807, 2.05) is 0 Å². The molecule has 0 aliphatic heterocycles. The van der Waals surface area contributed by atoms with Crippen molar-refractivity contribution in [3.8, 4) is 0 Å². The summed E-state index contributed by atoms with van der Waals surface area (Å²) in [6, 6.07) is 1.73. The van der Waals surface area contributed by atoms with Gasteiger partial charge in [-0.2, -0.15) is 0 Å². The summed E-state index contributed by atoms with van der Waals surface area (Å²) in [5.74, 6) is 0.448. The van der Waals surface area contributed by atoms with Crippen LogP contribution in [0.15, 0.2) is 30.9 Å². The van der Waals surface area contributed by atoms with Crippen LogP contribution < -0.4 is 0 Å². The molecule has 256 valence electrons. The zero-order valence-electron chi connectivity index (χ0n) is 28.9. The van der Waals surface area contributed by atoms with Crippen LogP contribution >= 0.6 is 0 Å². The molecule has 11 heteroatoms. The summed E-state index contributed by atoms with van der Waals surface area (Å²) >= 11 is 0. The number of Topliss-reactive ketones (excluding diaryl/α,β-unsaturated/α-hetero) is 5. The molecule has 0 N–H and O–H groups in total. The molecular formula is C36H52N6O5. The molecule has 0 fully saturated rings. The lowest BCUT2D eigenvalue weighted by molar-refractivity contribution is -0.119. The van der Waals surface area contributed by atoms with Gasteiger partial charge in [0.15, 0.2) is 23.2 Å². The second kappa shape index (κ2) is 19.0. The smallest absolute Gasteiger partial charge is 0.202 e. The second-order valence-electron chi connectivity index (χ2n) is 12.7. The number of rotatable bonds is 24. The van der Waals surface area contributed by atoms with E-state index in [0.29, 0.717) is 48.7 Å². The first-order valence-electron chi connectivity index (χ1n) is 16.9. The number of carbonyl (C=O) groups excluding carboxylic acids is 5. The van der Waals surface area contributed by atoms with Gasteiger partial charge in [-0.05, 0) is 63.9 Å². The fraction of sp³-hybridized carbons (Fsp3) is 0.583. The maximum absolute atomic E-state index is 12.9. The topological polar surface area (TPSA) is 129 Å². The lowest BCUT2D eigenvalue weighted by Crippen LogP contribution is -2.21.